The number of halogens is 1. The molecule has 5 rings (SSSR count). The minimum atomic E-state index is -0.668. The van der Waals surface area contributed by atoms with Crippen molar-refractivity contribution in [2.75, 3.05) is 6.67 Å². The maximum Gasteiger partial charge on any atom is 0.162 e. The second kappa shape index (κ2) is 7.63. The van der Waals surface area contributed by atoms with E-state index in [2.05, 4.69) is 18.9 Å². The van der Waals surface area contributed by atoms with E-state index in [1.165, 1.54) is 0 Å². The first kappa shape index (κ1) is 23.0. The highest BCUT2D eigenvalue weighted by Gasteiger charge is 2.68. The fraction of sp³-hybridized carbons (Fsp3) is 0.815. The molecule has 5 nitrogen and oxygen atoms in total. The van der Waals surface area contributed by atoms with Gasteiger partial charge < -0.3 is 5.11 Å². The summed E-state index contributed by atoms with van der Waals surface area (Å²) in [5.74, 6) is 1.37. The summed E-state index contributed by atoms with van der Waals surface area (Å²) in [5, 5.41) is 24.0. The van der Waals surface area contributed by atoms with Gasteiger partial charge in [0.1, 0.15) is 6.07 Å². The molecule has 4 fully saturated rings. The van der Waals surface area contributed by atoms with Crippen molar-refractivity contribution in [1.29, 1.82) is 5.26 Å². The number of nitriles is 1. The molecule has 0 unspecified atom stereocenters. The maximum absolute atomic E-state index is 15.0. The van der Waals surface area contributed by atoms with E-state index >= 15 is 4.39 Å². The van der Waals surface area contributed by atoms with Crippen LogP contribution in [0.3, 0.4) is 0 Å². The number of nitrogens with zero attached hydrogens (tertiary/aromatic N) is 3. The van der Waals surface area contributed by atoms with Crippen molar-refractivity contribution in [2.45, 2.75) is 90.7 Å². The molecule has 0 spiro atoms. The van der Waals surface area contributed by atoms with Crippen LogP contribution < -0.4 is 0 Å². The molecular weight excluding hydrogens is 417 g/mol. The second-order valence-electron chi connectivity index (χ2n) is 12.5. The predicted octanol–water partition coefficient (Wildman–Crippen LogP) is 5.07. The molecule has 4 aliphatic rings. The lowest BCUT2D eigenvalue weighted by Gasteiger charge is -2.67. The first-order valence-electron chi connectivity index (χ1n) is 12.8. The Hall–Kier alpha value is -1.74. The lowest BCUT2D eigenvalue weighted by molar-refractivity contribution is -0.210. The molecule has 8 atom stereocenters. The van der Waals surface area contributed by atoms with Gasteiger partial charge in [-0.05, 0) is 99.4 Å². The minimum Gasteiger partial charge on any atom is -0.390 e. The number of alkyl halides is 1. The van der Waals surface area contributed by atoms with Gasteiger partial charge >= 0.3 is 0 Å². The van der Waals surface area contributed by atoms with E-state index in [0.717, 1.165) is 51.4 Å². The van der Waals surface area contributed by atoms with Crippen LogP contribution in [0.25, 0.3) is 0 Å². The number of aromatic nitrogens is 2. The van der Waals surface area contributed by atoms with Gasteiger partial charge in [-0.25, -0.2) is 0 Å². The van der Waals surface area contributed by atoms with Crippen molar-refractivity contribution in [3.63, 3.8) is 0 Å². The Balaban J connectivity index is 1.40. The number of ketones is 1. The Kier molecular flexibility index (Phi) is 5.33. The van der Waals surface area contributed by atoms with Crippen LogP contribution in [-0.4, -0.2) is 32.9 Å². The number of hydrogen-bond donors (Lipinski definition) is 1. The standard InChI is InChI=1S/C27H38FN3O2/c1-24(33)9-12-27(17-28)18(14-24)4-5-21-20-6-7-22(25(20,2)10-11-26(21,27)3)23(32)16-31-13-8-19(15-29)30-31/h8,13,18,20-22,33H,4-7,9-12,14,16-17H2,1-3H3/t18-,20+,21+,22-,24-,25+,26+,27-/m1/s1. The SMILES string of the molecule is C[C@@]1(O)CC[C@@]2(CF)[C@H](CC[C@H]3[C@@H]4CC[C@H](C(=O)Cn5ccc(C#N)n5)[C@@]4(C)CC[C@@]32C)C1. The van der Waals surface area contributed by atoms with Gasteiger partial charge in [0.05, 0.1) is 18.8 Å². The summed E-state index contributed by atoms with van der Waals surface area (Å²) in [4.78, 5) is 13.4. The summed E-state index contributed by atoms with van der Waals surface area (Å²) in [6.45, 7) is 6.53. The molecule has 6 heteroatoms. The normalized spacial score (nSPS) is 46.7. The predicted molar refractivity (Wildman–Crippen MR) is 123 cm³/mol. The second-order valence-corrected chi connectivity index (χ2v) is 12.5. The third kappa shape index (κ3) is 3.25. The maximum atomic E-state index is 15.0. The van der Waals surface area contributed by atoms with E-state index in [9.17, 15) is 9.90 Å². The molecule has 0 aromatic carbocycles. The number of fused-ring (bicyclic) bond motifs is 5. The topological polar surface area (TPSA) is 78.9 Å². The molecule has 0 aliphatic heterocycles. The zero-order chi connectivity index (χ0) is 23.6. The Morgan fingerprint density at radius 3 is 2.64 bits per heavy atom. The number of carbonyl (C=O) groups is 1. The molecule has 1 N–H and O–H groups in total. The highest BCUT2D eigenvalue weighted by Crippen LogP contribution is 2.73. The zero-order valence-corrected chi connectivity index (χ0v) is 20.3. The van der Waals surface area contributed by atoms with E-state index in [1.807, 2.05) is 13.0 Å². The van der Waals surface area contributed by atoms with Crippen LogP contribution in [0.2, 0.25) is 0 Å². The smallest absolute Gasteiger partial charge is 0.162 e. The molecular formula is C27H38FN3O2. The van der Waals surface area contributed by atoms with Crippen molar-refractivity contribution >= 4 is 5.78 Å². The van der Waals surface area contributed by atoms with Gasteiger partial charge in [-0.2, -0.15) is 10.4 Å². The van der Waals surface area contributed by atoms with Crippen LogP contribution in [0.5, 0.6) is 0 Å². The molecule has 1 heterocycles. The first-order chi connectivity index (χ1) is 15.6. The largest absolute Gasteiger partial charge is 0.390 e. The average molecular weight is 456 g/mol. The Bertz CT molecular complexity index is 982. The van der Waals surface area contributed by atoms with Gasteiger partial charge in [-0.3, -0.25) is 13.9 Å². The lowest BCUT2D eigenvalue weighted by atomic mass is 9.37. The Labute approximate surface area is 196 Å². The summed E-state index contributed by atoms with van der Waals surface area (Å²) >= 11 is 0. The van der Waals surface area contributed by atoms with Crippen molar-refractivity contribution in [3.8, 4) is 6.07 Å². The summed E-state index contributed by atoms with van der Waals surface area (Å²) in [5.41, 5.74) is -0.765. The molecule has 1 aromatic rings. The van der Waals surface area contributed by atoms with Crippen molar-refractivity contribution in [3.05, 3.63) is 18.0 Å². The van der Waals surface area contributed by atoms with Gasteiger partial charge in [0.15, 0.2) is 11.5 Å². The fourth-order valence-corrected chi connectivity index (χ4v) is 9.25. The highest BCUT2D eigenvalue weighted by molar-refractivity contribution is 5.82. The molecule has 0 bridgehead atoms. The average Bonchev–Trinajstić information content (AvgIpc) is 3.37. The van der Waals surface area contributed by atoms with Gasteiger partial charge in [0.25, 0.3) is 0 Å². The van der Waals surface area contributed by atoms with Crippen molar-refractivity contribution < 1.29 is 14.3 Å². The molecule has 0 radical (unpaired) electrons. The highest BCUT2D eigenvalue weighted by atomic mass is 19.1. The molecule has 4 aliphatic carbocycles. The number of aliphatic hydroxyl groups is 1. The summed E-state index contributed by atoms with van der Waals surface area (Å²) in [6, 6.07) is 3.67. The molecule has 4 saturated carbocycles. The van der Waals surface area contributed by atoms with Crippen LogP contribution in [0.15, 0.2) is 12.3 Å². The van der Waals surface area contributed by atoms with E-state index in [0.29, 0.717) is 24.0 Å². The number of hydrogen-bond acceptors (Lipinski definition) is 4. The minimum absolute atomic E-state index is 0.00734. The molecule has 0 saturated heterocycles. The molecule has 33 heavy (non-hydrogen) atoms. The third-order valence-electron chi connectivity index (χ3n) is 11.1. The van der Waals surface area contributed by atoms with Gasteiger partial charge in [-0.1, -0.05) is 13.8 Å². The molecule has 0 amide bonds. The van der Waals surface area contributed by atoms with Crippen LogP contribution >= 0.6 is 0 Å². The van der Waals surface area contributed by atoms with Gasteiger partial charge in [0, 0.05) is 17.5 Å². The zero-order valence-electron chi connectivity index (χ0n) is 20.3. The number of Topliss-reactive ketones (excluding diaryl/α,β-unsaturated/α-hetero) is 1. The van der Waals surface area contributed by atoms with E-state index < -0.39 is 5.60 Å². The van der Waals surface area contributed by atoms with E-state index in [1.54, 1.807) is 16.9 Å². The van der Waals surface area contributed by atoms with Crippen LogP contribution in [0.1, 0.15) is 84.3 Å². The van der Waals surface area contributed by atoms with Crippen molar-refractivity contribution in [2.24, 2.45) is 39.9 Å². The monoisotopic (exact) mass is 455 g/mol. The third-order valence-corrected chi connectivity index (χ3v) is 11.1. The number of rotatable bonds is 4. The molecule has 180 valence electrons. The summed E-state index contributed by atoms with van der Waals surface area (Å²) in [7, 11) is 0. The fourth-order valence-electron chi connectivity index (χ4n) is 9.25. The lowest BCUT2D eigenvalue weighted by Crippen LogP contribution is -2.63. The Morgan fingerprint density at radius 1 is 1.18 bits per heavy atom. The summed E-state index contributed by atoms with van der Waals surface area (Å²) < 4.78 is 16.6. The van der Waals surface area contributed by atoms with Gasteiger partial charge in [0.2, 0.25) is 0 Å². The van der Waals surface area contributed by atoms with Crippen molar-refractivity contribution in [1.82, 2.24) is 9.78 Å². The van der Waals surface area contributed by atoms with E-state index in [4.69, 9.17) is 5.26 Å². The van der Waals surface area contributed by atoms with E-state index in [-0.39, 0.29) is 47.1 Å². The Morgan fingerprint density at radius 2 is 1.94 bits per heavy atom. The molecule has 1 aromatic heterocycles. The quantitative estimate of drug-likeness (QED) is 0.687. The van der Waals surface area contributed by atoms with Crippen LogP contribution in [-0.2, 0) is 11.3 Å². The summed E-state index contributed by atoms with van der Waals surface area (Å²) in [6.07, 6.45) is 9.87. The van der Waals surface area contributed by atoms with Crippen LogP contribution in [0.4, 0.5) is 4.39 Å². The van der Waals surface area contributed by atoms with Gasteiger partial charge in [-0.15, -0.1) is 0 Å². The van der Waals surface area contributed by atoms with Crippen LogP contribution in [0, 0.1) is 51.2 Å². The first-order valence-corrected chi connectivity index (χ1v) is 12.8. The number of carbonyl (C=O) groups excluding carboxylic acids is 1.